The summed E-state index contributed by atoms with van der Waals surface area (Å²) in [5.41, 5.74) is 1.27. The van der Waals surface area contributed by atoms with Crippen LogP contribution in [-0.2, 0) is 25.7 Å². The number of ether oxygens (including phenoxy) is 1. The fourth-order valence-corrected chi connectivity index (χ4v) is 3.79. The minimum atomic E-state index is -5.08. The van der Waals surface area contributed by atoms with Crippen LogP contribution in [0.3, 0.4) is 0 Å². The van der Waals surface area contributed by atoms with Crippen LogP contribution in [0.15, 0.2) is 24.5 Å². The van der Waals surface area contributed by atoms with Gasteiger partial charge >= 0.3 is 24.3 Å². The number of aliphatic carboxylic acids is 2. The van der Waals surface area contributed by atoms with Crippen molar-refractivity contribution < 1.29 is 55.7 Å². The van der Waals surface area contributed by atoms with Crippen molar-refractivity contribution in [3.63, 3.8) is 0 Å². The number of rotatable bonds is 3. The van der Waals surface area contributed by atoms with Gasteiger partial charge in [-0.15, -0.1) is 0 Å². The number of fused-ring (bicyclic) bond motifs is 1. The Labute approximate surface area is 196 Å². The monoisotopic (exact) mass is 517 g/mol. The molecule has 1 aromatic heterocycles. The predicted molar refractivity (Wildman–Crippen MR) is 107 cm³/mol. The highest BCUT2D eigenvalue weighted by molar-refractivity contribution is 5.74. The number of carboxylic acids is 2. The second kappa shape index (κ2) is 12.7. The normalized spacial score (nSPS) is 22.2. The fraction of sp³-hybridized carbons (Fsp3) is 0.600. The van der Waals surface area contributed by atoms with Crippen LogP contribution >= 0.6 is 0 Å². The van der Waals surface area contributed by atoms with Gasteiger partial charge in [-0.25, -0.2) is 9.59 Å². The number of pyridine rings is 1. The molecule has 2 aliphatic heterocycles. The molecule has 3 atom stereocenters. The van der Waals surface area contributed by atoms with Crippen molar-refractivity contribution in [2.24, 2.45) is 5.92 Å². The van der Waals surface area contributed by atoms with Crippen molar-refractivity contribution in [1.29, 1.82) is 0 Å². The number of carbonyl (C=O) groups is 3. The molecule has 1 amide bonds. The minimum Gasteiger partial charge on any atom is -0.475 e. The van der Waals surface area contributed by atoms with Gasteiger partial charge in [0.15, 0.2) is 0 Å². The zero-order valence-corrected chi connectivity index (χ0v) is 18.7. The lowest BCUT2D eigenvalue weighted by Gasteiger charge is -2.40. The standard InChI is InChI=1S/C16H23N3O2.2C2HF3O2/c1-12(20)19-8-5-16(21-2)14-10-18(11-15(14)19)9-13-3-6-17-7-4-13;2*3-2(4,5)1(6)7/h3-4,6-7,14-16H,5,8-11H2,1-2H3;2*(H,6,7)/t14-,15+,16+;;/m0../s1. The van der Waals surface area contributed by atoms with Crippen LogP contribution in [0.4, 0.5) is 26.3 Å². The van der Waals surface area contributed by atoms with E-state index in [-0.39, 0.29) is 12.0 Å². The van der Waals surface area contributed by atoms with E-state index in [1.54, 1.807) is 14.0 Å². The number of nitrogens with zero attached hydrogens (tertiary/aromatic N) is 3. The number of carboxylic acid groups (broad SMARTS) is 2. The van der Waals surface area contributed by atoms with Gasteiger partial charge < -0.3 is 19.8 Å². The van der Waals surface area contributed by atoms with Crippen LogP contribution in [-0.4, -0.2) is 94.1 Å². The summed E-state index contributed by atoms with van der Waals surface area (Å²) in [7, 11) is 1.79. The molecule has 0 radical (unpaired) electrons. The number of amides is 1. The molecule has 0 unspecified atom stereocenters. The molecule has 2 N–H and O–H groups in total. The molecule has 0 spiro atoms. The number of likely N-dealkylation sites (tertiary alicyclic amines) is 2. The van der Waals surface area contributed by atoms with E-state index in [0.29, 0.717) is 12.0 Å². The third-order valence-electron chi connectivity index (χ3n) is 5.29. The summed E-state index contributed by atoms with van der Waals surface area (Å²) in [6.45, 7) is 5.34. The zero-order chi connectivity index (χ0) is 27.0. The summed E-state index contributed by atoms with van der Waals surface area (Å²) in [5, 5.41) is 14.2. The first kappa shape index (κ1) is 30.1. The van der Waals surface area contributed by atoms with E-state index in [1.165, 1.54) is 5.56 Å². The van der Waals surface area contributed by atoms with E-state index >= 15 is 0 Å². The summed E-state index contributed by atoms with van der Waals surface area (Å²) < 4.78 is 69.1. The van der Waals surface area contributed by atoms with Gasteiger partial charge in [-0.05, 0) is 24.1 Å². The van der Waals surface area contributed by atoms with Gasteiger partial charge in [0.2, 0.25) is 5.91 Å². The van der Waals surface area contributed by atoms with E-state index in [0.717, 1.165) is 32.6 Å². The van der Waals surface area contributed by atoms with Crippen LogP contribution in [0, 0.1) is 5.92 Å². The van der Waals surface area contributed by atoms with E-state index < -0.39 is 24.3 Å². The number of alkyl halides is 6. The molecule has 0 saturated carbocycles. The molecule has 198 valence electrons. The molecular weight excluding hydrogens is 492 g/mol. The van der Waals surface area contributed by atoms with Crippen LogP contribution < -0.4 is 0 Å². The van der Waals surface area contributed by atoms with Crippen molar-refractivity contribution in [2.45, 2.75) is 44.4 Å². The molecule has 3 heterocycles. The Morgan fingerprint density at radius 2 is 1.51 bits per heavy atom. The third-order valence-corrected chi connectivity index (χ3v) is 5.29. The first-order valence-electron chi connectivity index (χ1n) is 10.1. The number of methoxy groups -OCH3 is 1. The topological polar surface area (TPSA) is 120 Å². The Kier molecular flexibility index (Phi) is 10.9. The molecule has 15 heteroatoms. The van der Waals surface area contributed by atoms with Crippen molar-refractivity contribution in [3.8, 4) is 0 Å². The Balaban J connectivity index is 0.000000362. The predicted octanol–water partition coefficient (Wildman–Crippen LogP) is 2.42. The third kappa shape index (κ3) is 9.68. The number of halogens is 6. The molecule has 1 aromatic rings. The number of hydrogen-bond donors (Lipinski definition) is 2. The summed E-state index contributed by atoms with van der Waals surface area (Å²) >= 11 is 0. The molecule has 0 bridgehead atoms. The fourth-order valence-electron chi connectivity index (χ4n) is 3.79. The van der Waals surface area contributed by atoms with Crippen LogP contribution in [0.2, 0.25) is 0 Å². The van der Waals surface area contributed by atoms with Gasteiger partial charge in [0.05, 0.1) is 12.1 Å². The molecule has 0 aromatic carbocycles. The molecule has 2 aliphatic rings. The molecule has 2 saturated heterocycles. The molecule has 2 fully saturated rings. The van der Waals surface area contributed by atoms with Gasteiger partial charge in [0, 0.05) is 58.5 Å². The number of piperidine rings is 1. The van der Waals surface area contributed by atoms with Crippen LogP contribution in [0.5, 0.6) is 0 Å². The maximum absolute atomic E-state index is 11.9. The summed E-state index contributed by atoms with van der Waals surface area (Å²) in [4.78, 5) is 38.2. The Bertz CT molecular complexity index is 828. The average Bonchev–Trinajstić information content (AvgIpc) is 3.16. The van der Waals surface area contributed by atoms with Gasteiger partial charge in [-0.2, -0.15) is 26.3 Å². The molecule has 3 rings (SSSR count). The van der Waals surface area contributed by atoms with Crippen molar-refractivity contribution in [3.05, 3.63) is 30.1 Å². The van der Waals surface area contributed by atoms with Gasteiger partial charge in [0.1, 0.15) is 0 Å². The highest BCUT2D eigenvalue weighted by Crippen LogP contribution is 2.33. The van der Waals surface area contributed by atoms with Gasteiger partial charge in [-0.3, -0.25) is 14.7 Å². The largest absolute Gasteiger partial charge is 0.490 e. The number of aromatic nitrogens is 1. The maximum atomic E-state index is 11.9. The highest BCUT2D eigenvalue weighted by atomic mass is 19.4. The number of carbonyl (C=O) groups excluding carboxylic acids is 1. The lowest BCUT2D eigenvalue weighted by atomic mass is 9.89. The van der Waals surface area contributed by atoms with E-state index in [2.05, 4.69) is 22.0 Å². The molecule has 0 aliphatic carbocycles. The highest BCUT2D eigenvalue weighted by Gasteiger charge is 2.45. The van der Waals surface area contributed by atoms with Crippen LogP contribution in [0.25, 0.3) is 0 Å². The van der Waals surface area contributed by atoms with Crippen LogP contribution in [0.1, 0.15) is 18.9 Å². The van der Waals surface area contributed by atoms with Crippen molar-refractivity contribution in [1.82, 2.24) is 14.8 Å². The summed E-state index contributed by atoms with van der Waals surface area (Å²) in [5.74, 6) is -4.90. The second-order valence-corrected chi connectivity index (χ2v) is 7.66. The number of hydrogen-bond acceptors (Lipinski definition) is 6. The Morgan fingerprint density at radius 3 is 1.91 bits per heavy atom. The van der Waals surface area contributed by atoms with Gasteiger partial charge in [-0.1, -0.05) is 0 Å². The molecule has 9 nitrogen and oxygen atoms in total. The van der Waals surface area contributed by atoms with Crippen molar-refractivity contribution >= 4 is 17.8 Å². The van der Waals surface area contributed by atoms with E-state index in [4.69, 9.17) is 24.5 Å². The first-order chi connectivity index (χ1) is 16.1. The first-order valence-corrected chi connectivity index (χ1v) is 10.1. The maximum Gasteiger partial charge on any atom is 0.490 e. The van der Waals surface area contributed by atoms with E-state index in [9.17, 15) is 31.1 Å². The van der Waals surface area contributed by atoms with Gasteiger partial charge in [0.25, 0.3) is 0 Å². The minimum absolute atomic E-state index is 0.185. The lowest BCUT2D eigenvalue weighted by molar-refractivity contribution is -0.193. The summed E-state index contributed by atoms with van der Waals surface area (Å²) in [6, 6.07) is 4.40. The smallest absolute Gasteiger partial charge is 0.475 e. The summed E-state index contributed by atoms with van der Waals surface area (Å²) in [6.07, 6.45) is -5.29. The molecular formula is C20H25F6N3O6. The van der Waals surface area contributed by atoms with E-state index in [1.807, 2.05) is 17.3 Å². The second-order valence-electron chi connectivity index (χ2n) is 7.66. The molecule has 35 heavy (non-hydrogen) atoms. The SMILES string of the molecule is CO[C@@H]1CCN(C(C)=O)[C@@H]2CN(Cc3ccncc3)C[C@@H]21.O=C(O)C(F)(F)F.O=C(O)C(F)(F)F. The zero-order valence-electron chi connectivity index (χ0n) is 18.7. The average molecular weight is 517 g/mol. The lowest BCUT2D eigenvalue weighted by Crippen LogP contribution is -2.52. The van der Waals surface area contributed by atoms with Crippen molar-refractivity contribution in [2.75, 3.05) is 26.7 Å². The quantitative estimate of drug-likeness (QED) is 0.587. The Hall–Kier alpha value is -2.94. The Morgan fingerprint density at radius 1 is 1.03 bits per heavy atom.